The van der Waals surface area contributed by atoms with Gasteiger partial charge in [-0.25, -0.2) is 0 Å². The molecule has 0 spiro atoms. The van der Waals surface area contributed by atoms with Crippen molar-refractivity contribution in [2.24, 2.45) is 5.11 Å². The van der Waals surface area contributed by atoms with Crippen LogP contribution in [0.1, 0.15) is 17.5 Å². The lowest BCUT2D eigenvalue weighted by Crippen LogP contribution is -2.51. The van der Waals surface area contributed by atoms with E-state index in [-0.39, 0.29) is 12.7 Å². The van der Waals surface area contributed by atoms with Crippen LogP contribution in [0.3, 0.4) is 0 Å². The van der Waals surface area contributed by atoms with Crippen molar-refractivity contribution in [3.05, 3.63) is 82.2 Å². The molecule has 4 atom stereocenters. The van der Waals surface area contributed by atoms with Gasteiger partial charge in [0.15, 0.2) is 0 Å². The van der Waals surface area contributed by atoms with Gasteiger partial charge in [-0.05, 0) is 16.7 Å². The van der Waals surface area contributed by atoms with Crippen LogP contribution in [-0.2, 0) is 27.4 Å². The molecule has 1 fully saturated rings. The van der Waals surface area contributed by atoms with Crippen LogP contribution in [-0.4, -0.2) is 36.3 Å². The molecule has 1 aliphatic heterocycles. The number of azide groups is 1. The molecule has 1 aliphatic rings. The predicted octanol–water partition coefficient (Wildman–Crippen LogP) is 3.57. The third kappa shape index (κ3) is 5.53. The molecule has 0 bridgehead atoms. The third-order valence-corrected chi connectivity index (χ3v) is 4.45. The minimum atomic E-state index is -0.690. The maximum Gasteiger partial charge on any atom is 0.139 e. The van der Waals surface area contributed by atoms with Gasteiger partial charge in [-0.1, -0.05) is 65.8 Å². The van der Waals surface area contributed by atoms with Gasteiger partial charge < -0.3 is 19.3 Å². The summed E-state index contributed by atoms with van der Waals surface area (Å²) < 4.78 is 17.8. The van der Waals surface area contributed by atoms with Gasteiger partial charge in [0.1, 0.15) is 18.4 Å². The lowest BCUT2D eigenvalue weighted by molar-refractivity contribution is -0.214. The molecule has 0 aliphatic carbocycles. The first-order valence-electron chi connectivity index (χ1n) is 8.91. The quantitative estimate of drug-likeness (QED) is 0.437. The van der Waals surface area contributed by atoms with Crippen molar-refractivity contribution in [3.63, 3.8) is 0 Å². The number of aliphatic hydroxyl groups excluding tert-OH is 1. The van der Waals surface area contributed by atoms with Gasteiger partial charge in [0.2, 0.25) is 0 Å². The fraction of sp³-hybridized carbons (Fsp3) is 0.400. The molecule has 142 valence electrons. The minimum Gasteiger partial charge on any atom is -0.394 e. The van der Waals surface area contributed by atoms with Crippen molar-refractivity contribution in [1.82, 2.24) is 0 Å². The van der Waals surface area contributed by atoms with Crippen LogP contribution in [0, 0.1) is 0 Å². The highest BCUT2D eigenvalue weighted by Crippen LogP contribution is 2.27. The number of rotatable bonds is 8. The van der Waals surface area contributed by atoms with Crippen molar-refractivity contribution in [2.75, 3.05) is 6.61 Å². The lowest BCUT2D eigenvalue weighted by atomic mass is 10.0. The average molecular weight is 369 g/mol. The normalized spacial score (nSPS) is 24.9. The molecule has 7 nitrogen and oxygen atoms in total. The summed E-state index contributed by atoms with van der Waals surface area (Å²) in [5.74, 6) is 0. The zero-order valence-corrected chi connectivity index (χ0v) is 14.9. The molecule has 2 aromatic rings. The average Bonchev–Trinajstić information content (AvgIpc) is 2.72. The summed E-state index contributed by atoms with van der Waals surface area (Å²) in [6.07, 6.45) is -1.78. The maximum atomic E-state index is 9.75. The molecule has 1 unspecified atom stereocenters. The summed E-state index contributed by atoms with van der Waals surface area (Å²) in [5.41, 5.74) is 10.8. The lowest BCUT2D eigenvalue weighted by Gasteiger charge is -2.39. The van der Waals surface area contributed by atoms with Gasteiger partial charge in [-0.3, -0.25) is 0 Å². The van der Waals surface area contributed by atoms with E-state index in [1.165, 1.54) is 0 Å². The second kappa shape index (κ2) is 10.1. The van der Waals surface area contributed by atoms with Gasteiger partial charge in [0, 0.05) is 11.3 Å². The minimum absolute atomic E-state index is 0.248. The predicted molar refractivity (Wildman–Crippen MR) is 99.5 cm³/mol. The van der Waals surface area contributed by atoms with E-state index in [2.05, 4.69) is 10.0 Å². The molecule has 0 saturated carbocycles. The van der Waals surface area contributed by atoms with E-state index in [0.29, 0.717) is 19.6 Å². The van der Waals surface area contributed by atoms with Crippen LogP contribution < -0.4 is 0 Å². The molecule has 2 aromatic carbocycles. The summed E-state index contributed by atoms with van der Waals surface area (Å²) in [4.78, 5) is 2.82. The van der Waals surface area contributed by atoms with E-state index in [4.69, 9.17) is 19.7 Å². The Morgan fingerprint density at radius 1 is 1.00 bits per heavy atom. The van der Waals surface area contributed by atoms with Crippen LogP contribution in [0.15, 0.2) is 65.8 Å². The first-order valence-corrected chi connectivity index (χ1v) is 8.91. The molecule has 0 amide bonds. The van der Waals surface area contributed by atoms with Crippen molar-refractivity contribution in [1.29, 1.82) is 0 Å². The first-order chi connectivity index (χ1) is 13.3. The van der Waals surface area contributed by atoms with E-state index < -0.39 is 18.4 Å². The number of aliphatic hydroxyl groups is 1. The summed E-state index contributed by atoms with van der Waals surface area (Å²) >= 11 is 0. The molecule has 0 radical (unpaired) electrons. The summed E-state index contributed by atoms with van der Waals surface area (Å²) in [6, 6.07) is 19.6. The molecule has 7 heteroatoms. The van der Waals surface area contributed by atoms with Crippen molar-refractivity contribution < 1.29 is 19.3 Å². The smallest absolute Gasteiger partial charge is 0.139 e. The Morgan fingerprint density at radius 3 is 2.15 bits per heavy atom. The summed E-state index contributed by atoms with van der Waals surface area (Å²) in [6.45, 7) is 0.530. The van der Waals surface area contributed by atoms with Gasteiger partial charge >= 0.3 is 0 Å². The Hall–Kier alpha value is -2.41. The van der Waals surface area contributed by atoms with E-state index in [1.807, 2.05) is 60.7 Å². The van der Waals surface area contributed by atoms with E-state index in [0.717, 1.165) is 11.1 Å². The number of nitrogens with zero attached hydrogens (tertiary/aromatic N) is 3. The zero-order valence-electron chi connectivity index (χ0n) is 14.9. The Labute approximate surface area is 158 Å². The Bertz CT molecular complexity index is 737. The molecule has 3 rings (SSSR count). The van der Waals surface area contributed by atoms with Gasteiger partial charge in [-0.15, -0.1) is 0 Å². The third-order valence-electron chi connectivity index (χ3n) is 4.45. The van der Waals surface area contributed by atoms with Crippen molar-refractivity contribution >= 4 is 0 Å². The van der Waals surface area contributed by atoms with Crippen molar-refractivity contribution in [3.8, 4) is 0 Å². The topological polar surface area (TPSA) is 96.7 Å². The van der Waals surface area contributed by atoms with Gasteiger partial charge in [-0.2, -0.15) is 0 Å². The summed E-state index contributed by atoms with van der Waals surface area (Å²) in [7, 11) is 0. The Balaban J connectivity index is 1.70. The number of ether oxygens (including phenoxy) is 3. The standard InChI is InChI=1S/C20H23N3O4/c21-23-22-19-11-17(25-13-15-7-3-1-4-8-15)20(18(12-24)27-19)26-14-16-9-5-2-6-10-16/h1-10,17-20,24H,11-14H2/t17-,18-,19?,20+/m1/s1. The highest BCUT2D eigenvalue weighted by Gasteiger charge is 2.39. The van der Waals surface area contributed by atoms with Crippen LogP contribution in [0.25, 0.3) is 10.4 Å². The number of benzene rings is 2. The molecule has 1 N–H and O–H groups in total. The number of hydrogen-bond donors (Lipinski definition) is 1. The highest BCUT2D eigenvalue weighted by molar-refractivity contribution is 5.14. The highest BCUT2D eigenvalue weighted by atomic mass is 16.6. The van der Waals surface area contributed by atoms with Gasteiger partial charge in [0.05, 0.1) is 25.9 Å². The summed E-state index contributed by atoms with van der Waals surface area (Å²) in [5, 5.41) is 13.4. The molecule has 0 aromatic heterocycles. The fourth-order valence-corrected chi connectivity index (χ4v) is 3.11. The SMILES string of the molecule is [N-]=[N+]=NC1C[C@@H](OCc2ccccc2)[C@H](OCc2ccccc2)[C@@H](CO)O1. The largest absolute Gasteiger partial charge is 0.394 e. The van der Waals surface area contributed by atoms with Crippen LogP contribution in [0.2, 0.25) is 0 Å². The molecule has 1 heterocycles. The fourth-order valence-electron chi connectivity index (χ4n) is 3.11. The number of hydrogen-bond acceptors (Lipinski definition) is 5. The van der Waals surface area contributed by atoms with E-state index >= 15 is 0 Å². The van der Waals surface area contributed by atoms with Crippen LogP contribution in [0.4, 0.5) is 0 Å². The first kappa shape index (κ1) is 19.4. The molecule has 27 heavy (non-hydrogen) atoms. The van der Waals surface area contributed by atoms with E-state index in [1.54, 1.807) is 0 Å². The molecule has 1 saturated heterocycles. The van der Waals surface area contributed by atoms with E-state index in [9.17, 15) is 5.11 Å². The molecular formula is C20H23N3O4. The van der Waals surface area contributed by atoms with Crippen LogP contribution >= 0.6 is 0 Å². The second-order valence-corrected chi connectivity index (χ2v) is 6.35. The van der Waals surface area contributed by atoms with Crippen molar-refractivity contribution in [2.45, 2.75) is 44.2 Å². The monoisotopic (exact) mass is 369 g/mol. The molecular weight excluding hydrogens is 346 g/mol. The Kier molecular flexibility index (Phi) is 7.21. The second-order valence-electron chi connectivity index (χ2n) is 6.35. The van der Waals surface area contributed by atoms with Gasteiger partial charge in [0.25, 0.3) is 0 Å². The zero-order chi connectivity index (χ0) is 18.9. The van der Waals surface area contributed by atoms with Crippen LogP contribution in [0.5, 0.6) is 0 Å². The Morgan fingerprint density at radius 2 is 1.59 bits per heavy atom. The maximum absolute atomic E-state index is 9.75.